The molecule has 0 radical (unpaired) electrons. The Morgan fingerprint density at radius 3 is 2.94 bits per heavy atom. The fraction of sp³-hybridized carbons (Fsp3) is 0.385. The highest BCUT2D eigenvalue weighted by Crippen LogP contribution is 2.24. The maximum Gasteiger partial charge on any atom is 0.116 e. The first-order chi connectivity index (χ1) is 7.74. The van der Waals surface area contributed by atoms with Crippen molar-refractivity contribution in [3.05, 3.63) is 30.0 Å². The average molecular weight is 216 g/mol. The van der Waals surface area contributed by atoms with E-state index in [2.05, 4.69) is 23.0 Å². The topological polar surface area (TPSA) is 37.2 Å². The minimum atomic E-state index is 0.333. The van der Waals surface area contributed by atoms with Gasteiger partial charge >= 0.3 is 0 Å². The number of hydrogen-bond donors (Lipinski definition) is 2. The van der Waals surface area contributed by atoms with Crippen LogP contribution in [0.3, 0.4) is 0 Å². The Hall–Kier alpha value is -1.48. The summed E-state index contributed by atoms with van der Waals surface area (Å²) in [4.78, 5) is 0. The Labute approximate surface area is 94.7 Å². The minimum Gasteiger partial charge on any atom is -0.508 e. The summed E-state index contributed by atoms with van der Waals surface area (Å²) in [5.74, 6) is 0.333. The molecule has 0 saturated heterocycles. The second-order valence-electron chi connectivity index (χ2n) is 4.59. The molecule has 1 aromatic heterocycles. The van der Waals surface area contributed by atoms with Gasteiger partial charge in [0.25, 0.3) is 0 Å². The van der Waals surface area contributed by atoms with Crippen molar-refractivity contribution in [3.8, 4) is 5.75 Å². The van der Waals surface area contributed by atoms with Gasteiger partial charge in [-0.25, -0.2) is 0 Å². The fourth-order valence-corrected chi connectivity index (χ4v) is 2.10. The number of aryl methyl sites for hydroxylation is 1. The Morgan fingerprint density at radius 1 is 1.38 bits per heavy atom. The van der Waals surface area contributed by atoms with Gasteiger partial charge in [-0.1, -0.05) is 0 Å². The van der Waals surface area contributed by atoms with Crippen LogP contribution in [0.5, 0.6) is 5.75 Å². The number of nitrogens with zero attached hydrogens (tertiary/aromatic N) is 1. The molecule has 2 aromatic rings. The molecule has 0 spiro atoms. The maximum absolute atomic E-state index is 9.43. The maximum atomic E-state index is 9.43. The molecule has 1 aliphatic carbocycles. The molecule has 1 aliphatic rings. The van der Waals surface area contributed by atoms with Gasteiger partial charge in [-0.15, -0.1) is 0 Å². The molecule has 0 aliphatic heterocycles. The monoisotopic (exact) mass is 216 g/mol. The van der Waals surface area contributed by atoms with Crippen LogP contribution in [0.4, 0.5) is 0 Å². The summed E-state index contributed by atoms with van der Waals surface area (Å²) in [5, 5.41) is 14.0. The van der Waals surface area contributed by atoms with Crippen molar-refractivity contribution >= 4 is 10.9 Å². The first-order valence-electron chi connectivity index (χ1n) is 5.75. The molecule has 1 saturated carbocycles. The van der Waals surface area contributed by atoms with Gasteiger partial charge in [-0.05, 0) is 37.1 Å². The lowest BCUT2D eigenvalue weighted by atomic mass is 10.2. The van der Waals surface area contributed by atoms with E-state index in [4.69, 9.17) is 0 Å². The van der Waals surface area contributed by atoms with E-state index in [1.807, 2.05) is 12.1 Å². The molecule has 1 fully saturated rings. The molecule has 3 heteroatoms. The van der Waals surface area contributed by atoms with Crippen molar-refractivity contribution in [2.75, 3.05) is 0 Å². The third kappa shape index (κ3) is 1.67. The molecule has 0 amide bonds. The molecule has 1 heterocycles. The molecule has 84 valence electrons. The molecular weight excluding hydrogens is 200 g/mol. The lowest BCUT2D eigenvalue weighted by Crippen LogP contribution is -2.17. The summed E-state index contributed by atoms with van der Waals surface area (Å²) >= 11 is 0. The largest absolute Gasteiger partial charge is 0.508 e. The molecule has 0 unspecified atom stereocenters. The highest BCUT2D eigenvalue weighted by atomic mass is 16.3. The van der Waals surface area contributed by atoms with Gasteiger partial charge in [-0.3, -0.25) is 0 Å². The number of aromatic nitrogens is 1. The van der Waals surface area contributed by atoms with E-state index >= 15 is 0 Å². The summed E-state index contributed by atoms with van der Waals surface area (Å²) in [7, 11) is 2.07. The van der Waals surface area contributed by atoms with E-state index in [0.29, 0.717) is 5.75 Å². The van der Waals surface area contributed by atoms with Gasteiger partial charge in [0.05, 0.1) is 0 Å². The second kappa shape index (κ2) is 3.52. The Balaban J connectivity index is 1.94. The SMILES string of the molecule is Cn1c(CNC2CC2)cc2cc(O)ccc21. The van der Waals surface area contributed by atoms with Gasteiger partial charge in [0.15, 0.2) is 0 Å². The molecule has 0 bridgehead atoms. The summed E-state index contributed by atoms with van der Waals surface area (Å²) in [6.07, 6.45) is 2.62. The van der Waals surface area contributed by atoms with Gasteiger partial charge < -0.3 is 15.0 Å². The summed E-state index contributed by atoms with van der Waals surface area (Å²) in [6.45, 7) is 0.913. The normalized spacial score (nSPS) is 15.8. The molecule has 3 nitrogen and oxygen atoms in total. The number of hydrogen-bond acceptors (Lipinski definition) is 2. The Bertz CT molecular complexity index is 526. The highest BCUT2D eigenvalue weighted by Gasteiger charge is 2.20. The van der Waals surface area contributed by atoms with Gasteiger partial charge in [0, 0.05) is 36.2 Å². The van der Waals surface area contributed by atoms with Crippen LogP contribution >= 0.6 is 0 Å². The molecule has 3 rings (SSSR count). The molecule has 1 aromatic carbocycles. The predicted octanol–water partition coefficient (Wildman–Crippen LogP) is 2.14. The fourth-order valence-electron chi connectivity index (χ4n) is 2.10. The number of aromatic hydroxyl groups is 1. The zero-order valence-electron chi connectivity index (χ0n) is 9.40. The first-order valence-corrected chi connectivity index (χ1v) is 5.75. The number of nitrogens with one attached hydrogen (secondary N) is 1. The number of rotatable bonds is 3. The van der Waals surface area contributed by atoms with Crippen LogP contribution in [0.25, 0.3) is 10.9 Å². The molecular formula is C13H16N2O. The van der Waals surface area contributed by atoms with Gasteiger partial charge in [0.2, 0.25) is 0 Å². The Kier molecular flexibility index (Phi) is 2.14. The standard InChI is InChI=1S/C13H16N2O/c1-15-11(8-14-10-2-3-10)6-9-7-12(16)4-5-13(9)15/h4-7,10,14,16H,2-3,8H2,1H3. The number of benzene rings is 1. The highest BCUT2D eigenvalue weighted by molar-refractivity contribution is 5.82. The van der Waals surface area contributed by atoms with Crippen molar-refractivity contribution in [2.24, 2.45) is 7.05 Å². The third-order valence-electron chi connectivity index (χ3n) is 3.27. The first kappa shape index (κ1) is 9.73. The smallest absolute Gasteiger partial charge is 0.116 e. The second-order valence-corrected chi connectivity index (χ2v) is 4.59. The van der Waals surface area contributed by atoms with Gasteiger partial charge in [-0.2, -0.15) is 0 Å². The summed E-state index contributed by atoms with van der Waals surface area (Å²) in [6, 6.07) is 8.39. The van der Waals surface area contributed by atoms with Crippen molar-refractivity contribution in [1.29, 1.82) is 0 Å². The van der Waals surface area contributed by atoms with E-state index in [9.17, 15) is 5.11 Å². The quantitative estimate of drug-likeness (QED) is 0.824. The van der Waals surface area contributed by atoms with E-state index in [-0.39, 0.29) is 0 Å². The zero-order valence-corrected chi connectivity index (χ0v) is 9.40. The van der Waals surface area contributed by atoms with E-state index < -0.39 is 0 Å². The predicted molar refractivity (Wildman–Crippen MR) is 64.4 cm³/mol. The lowest BCUT2D eigenvalue weighted by Gasteiger charge is -2.05. The van der Waals surface area contributed by atoms with Crippen LogP contribution in [-0.4, -0.2) is 15.7 Å². The summed E-state index contributed by atoms with van der Waals surface area (Å²) in [5.41, 5.74) is 2.44. The van der Waals surface area contributed by atoms with Crippen molar-refractivity contribution in [1.82, 2.24) is 9.88 Å². The van der Waals surface area contributed by atoms with Crippen molar-refractivity contribution in [2.45, 2.75) is 25.4 Å². The molecule has 2 N–H and O–H groups in total. The minimum absolute atomic E-state index is 0.333. The van der Waals surface area contributed by atoms with Crippen molar-refractivity contribution in [3.63, 3.8) is 0 Å². The van der Waals surface area contributed by atoms with Crippen molar-refractivity contribution < 1.29 is 5.11 Å². The summed E-state index contributed by atoms with van der Waals surface area (Å²) < 4.78 is 2.18. The van der Waals surface area contributed by atoms with Crippen LogP contribution in [0.15, 0.2) is 24.3 Å². The zero-order chi connectivity index (χ0) is 11.1. The van der Waals surface area contributed by atoms with Crippen LogP contribution in [0.2, 0.25) is 0 Å². The number of phenolic OH excluding ortho intramolecular Hbond substituents is 1. The average Bonchev–Trinajstić information content (AvgIpc) is 3.03. The van der Waals surface area contributed by atoms with Gasteiger partial charge in [0.1, 0.15) is 5.75 Å². The number of phenols is 1. The van der Waals surface area contributed by atoms with Crippen LogP contribution in [-0.2, 0) is 13.6 Å². The molecule has 0 atom stereocenters. The van der Waals surface area contributed by atoms with Crippen LogP contribution in [0, 0.1) is 0 Å². The van der Waals surface area contributed by atoms with E-state index in [1.54, 1.807) is 6.07 Å². The number of fused-ring (bicyclic) bond motifs is 1. The Morgan fingerprint density at radius 2 is 2.19 bits per heavy atom. The molecule has 16 heavy (non-hydrogen) atoms. The van der Waals surface area contributed by atoms with E-state index in [0.717, 1.165) is 18.0 Å². The third-order valence-corrected chi connectivity index (χ3v) is 3.27. The lowest BCUT2D eigenvalue weighted by molar-refractivity contribution is 0.476. The van der Waals surface area contributed by atoms with E-state index in [1.165, 1.54) is 24.1 Å². The van der Waals surface area contributed by atoms with Crippen LogP contribution < -0.4 is 5.32 Å². The van der Waals surface area contributed by atoms with Crippen LogP contribution in [0.1, 0.15) is 18.5 Å².